The van der Waals surface area contributed by atoms with Crippen LogP contribution in [0.1, 0.15) is 23.6 Å². The lowest BCUT2D eigenvalue weighted by atomic mass is 10.0. The number of nitrogens with zero attached hydrogens (tertiary/aromatic N) is 1. The fourth-order valence-corrected chi connectivity index (χ4v) is 1.10. The van der Waals surface area contributed by atoms with Gasteiger partial charge in [-0.1, -0.05) is 36.9 Å². The van der Waals surface area contributed by atoms with Crippen LogP contribution in [0.2, 0.25) is 0 Å². The summed E-state index contributed by atoms with van der Waals surface area (Å²) in [6, 6.07) is 9.62. The molecule has 0 aliphatic carbocycles. The third-order valence-corrected chi connectivity index (χ3v) is 1.91. The largest absolute Gasteiger partial charge is 0.323 e. The predicted molar refractivity (Wildman–Crippen MR) is 53.7 cm³/mol. The first-order chi connectivity index (χ1) is 6.27. The zero-order valence-electron chi connectivity index (χ0n) is 7.40. The van der Waals surface area contributed by atoms with Crippen LogP contribution in [0.4, 0.5) is 0 Å². The Morgan fingerprint density at radius 2 is 2.08 bits per heavy atom. The van der Waals surface area contributed by atoms with Crippen molar-refractivity contribution in [3.05, 3.63) is 42.0 Å². The van der Waals surface area contributed by atoms with E-state index in [1.165, 1.54) is 0 Å². The summed E-state index contributed by atoms with van der Waals surface area (Å²) < 4.78 is 0. The van der Waals surface area contributed by atoms with Gasteiger partial charge in [0.05, 0.1) is 12.5 Å². The van der Waals surface area contributed by atoms with E-state index in [1.807, 2.05) is 30.3 Å². The number of hydrogen-bond donors (Lipinski definition) is 1. The quantitative estimate of drug-likeness (QED) is 0.760. The summed E-state index contributed by atoms with van der Waals surface area (Å²) in [7, 11) is 0. The lowest BCUT2D eigenvalue weighted by Gasteiger charge is -2.07. The topological polar surface area (TPSA) is 49.8 Å². The van der Waals surface area contributed by atoms with E-state index in [2.05, 4.69) is 6.58 Å². The van der Waals surface area contributed by atoms with Crippen molar-refractivity contribution in [1.82, 2.24) is 0 Å². The smallest absolute Gasteiger partial charge is 0.0641 e. The van der Waals surface area contributed by atoms with Crippen LogP contribution in [-0.2, 0) is 0 Å². The Morgan fingerprint density at radius 3 is 2.54 bits per heavy atom. The standard InChI is InChI=1S/C11H12N2/c1-2-9-3-5-10(6-4-9)11(13)7-8-12/h2-6,11H,1,7,13H2/t11-/m0/s1. The van der Waals surface area contributed by atoms with E-state index in [1.54, 1.807) is 6.08 Å². The fourth-order valence-electron chi connectivity index (χ4n) is 1.10. The Hall–Kier alpha value is -1.59. The van der Waals surface area contributed by atoms with Crippen molar-refractivity contribution >= 4 is 6.08 Å². The lowest BCUT2D eigenvalue weighted by molar-refractivity contribution is 0.748. The highest BCUT2D eigenvalue weighted by atomic mass is 14.6. The monoisotopic (exact) mass is 172 g/mol. The molecule has 2 heteroatoms. The Balaban J connectivity index is 2.80. The van der Waals surface area contributed by atoms with Crippen LogP contribution in [-0.4, -0.2) is 0 Å². The molecule has 0 aromatic heterocycles. The highest BCUT2D eigenvalue weighted by molar-refractivity contribution is 5.47. The number of nitrogens with two attached hydrogens (primary N) is 1. The summed E-state index contributed by atoms with van der Waals surface area (Å²) in [6.45, 7) is 3.66. The molecule has 0 heterocycles. The zero-order valence-corrected chi connectivity index (χ0v) is 7.40. The van der Waals surface area contributed by atoms with E-state index >= 15 is 0 Å². The van der Waals surface area contributed by atoms with Crippen LogP contribution in [0.3, 0.4) is 0 Å². The van der Waals surface area contributed by atoms with Crippen molar-refractivity contribution in [3.63, 3.8) is 0 Å². The van der Waals surface area contributed by atoms with Gasteiger partial charge in [0, 0.05) is 6.04 Å². The first-order valence-electron chi connectivity index (χ1n) is 4.13. The van der Waals surface area contributed by atoms with Gasteiger partial charge in [0.15, 0.2) is 0 Å². The molecule has 1 atom stereocenters. The minimum Gasteiger partial charge on any atom is -0.323 e. The normalized spacial score (nSPS) is 11.7. The minimum atomic E-state index is -0.177. The summed E-state index contributed by atoms with van der Waals surface area (Å²) in [5.41, 5.74) is 7.80. The van der Waals surface area contributed by atoms with Gasteiger partial charge in [-0.2, -0.15) is 5.26 Å². The van der Waals surface area contributed by atoms with Gasteiger partial charge in [-0.25, -0.2) is 0 Å². The maximum Gasteiger partial charge on any atom is 0.0641 e. The molecule has 0 fully saturated rings. The molecule has 2 N–H and O–H groups in total. The number of rotatable bonds is 3. The second kappa shape index (κ2) is 4.44. The summed E-state index contributed by atoms with van der Waals surface area (Å²) in [5, 5.41) is 8.45. The Bertz CT molecular complexity index is 319. The van der Waals surface area contributed by atoms with Crippen LogP contribution in [0.25, 0.3) is 6.08 Å². The predicted octanol–water partition coefficient (Wildman–Crippen LogP) is 2.24. The van der Waals surface area contributed by atoms with Crippen molar-refractivity contribution < 1.29 is 0 Å². The molecule has 0 bridgehead atoms. The first-order valence-corrected chi connectivity index (χ1v) is 4.13. The summed E-state index contributed by atoms with van der Waals surface area (Å²) in [6.07, 6.45) is 2.13. The van der Waals surface area contributed by atoms with Crippen LogP contribution >= 0.6 is 0 Å². The molecule has 2 nitrogen and oxygen atoms in total. The summed E-state index contributed by atoms with van der Waals surface area (Å²) in [5.74, 6) is 0. The fraction of sp³-hybridized carbons (Fsp3) is 0.182. The maximum absolute atomic E-state index is 8.45. The summed E-state index contributed by atoms with van der Waals surface area (Å²) in [4.78, 5) is 0. The maximum atomic E-state index is 8.45. The van der Waals surface area contributed by atoms with E-state index in [-0.39, 0.29) is 6.04 Å². The zero-order chi connectivity index (χ0) is 9.68. The van der Waals surface area contributed by atoms with E-state index in [0.717, 1.165) is 11.1 Å². The lowest BCUT2D eigenvalue weighted by Crippen LogP contribution is -2.08. The van der Waals surface area contributed by atoms with Crippen molar-refractivity contribution in [3.8, 4) is 6.07 Å². The van der Waals surface area contributed by atoms with Crippen molar-refractivity contribution in [2.45, 2.75) is 12.5 Å². The second-order valence-electron chi connectivity index (χ2n) is 2.84. The third kappa shape index (κ3) is 2.43. The van der Waals surface area contributed by atoms with Crippen LogP contribution < -0.4 is 5.73 Å². The highest BCUT2D eigenvalue weighted by Gasteiger charge is 2.03. The SMILES string of the molecule is C=Cc1ccc([C@@H](N)CC#N)cc1. The molecule has 0 aliphatic heterocycles. The van der Waals surface area contributed by atoms with Gasteiger partial charge in [0.2, 0.25) is 0 Å². The van der Waals surface area contributed by atoms with Crippen molar-refractivity contribution in [2.75, 3.05) is 0 Å². The van der Waals surface area contributed by atoms with Gasteiger partial charge in [0.1, 0.15) is 0 Å². The molecule has 1 rings (SSSR count). The Labute approximate surface area is 78.3 Å². The van der Waals surface area contributed by atoms with E-state index in [4.69, 9.17) is 11.0 Å². The van der Waals surface area contributed by atoms with Crippen LogP contribution in [0.15, 0.2) is 30.8 Å². The second-order valence-corrected chi connectivity index (χ2v) is 2.84. The number of nitriles is 1. The van der Waals surface area contributed by atoms with Gasteiger partial charge < -0.3 is 5.73 Å². The van der Waals surface area contributed by atoms with Crippen molar-refractivity contribution in [2.24, 2.45) is 5.73 Å². The van der Waals surface area contributed by atoms with Crippen LogP contribution in [0.5, 0.6) is 0 Å². The van der Waals surface area contributed by atoms with Gasteiger partial charge in [0.25, 0.3) is 0 Å². The molecule has 0 saturated carbocycles. The molecule has 1 aromatic carbocycles. The molecule has 0 amide bonds. The highest BCUT2D eigenvalue weighted by Crippen LogP contribution is 2.14. The molecule has 0 aliphatic rings. The van der Waals surface area contributed by atoms with Gasteiger partial charge >= 0.3 is 0 Å². The van der Waals surface area contributed by atoms with Gasteiger partial charge in [-0.3, -0.25) is 0 Å². The minimum absolute atomic E-state index is 0.177. The molecule has 1 aromatic rings. The molecular weight excluding hydrogens is 160 g/mol. The first kappa shape index (κ1) is 9.50. The van der Waals surface area contributed by atoms with E-state index in [9.17, 15) is 0 Å². The van der Waals surface area contributed by atoms with E-state index in [0.29, 0.717) is 6.42 Å². The third-order valence-electron chi connectivity index (χ3n) is 1.91. The van der Waals surface area contributed by atoms with Gasteiger partial charge in [-0.05, 0) is 11.1 Å². The molecule has 13 heavy (non-hydrogen) atoms. The number of benzene rings is 1. The Kier molecular flexibility index (Phi) is 3.24. The van der Waals surface area contributed by atoms with Gasteiger partial charge in [-0.15, -0.1) is 0 Å². The molecule has 0 radical (unpaired) electrons. The molecule has 0 saturated heterocycles. The molecule has 0 unspecified atom stereocenters. The molecular formula is C11H12N2. The number of hydrogen-bond acceptors (Lipinski definition) is 2. The molecule has 0 spiro atoms. The molecule has 66 valence electrons. The average Bonchev–Trinajstić information content (AvgIpc) is 2.18. The Morgan fingerprint density at radius 1 is 1.46 bits per heavy atom. The summed E-state index contributed by atoms with van der Waals surface area (Å²) >= 11 is 0. The average molecular weight is 172 g/mol. The van der Waals surface area contributed by atoms with Crippen molar-refractivity contribution in [1.29, 1.82) is 5.26 Å². The van der Waals surface area contributed by atoms with Crippen LogP contribution in [0, 0.1) is 11.3 Å². The van der Waals surface area contributed by atoms with E-state index < -0.39 is 0 Å².